The van der Waals surface area contributed by atoms with Crippen molar-refractivity contribution in [3.8, 4) is 0 Å². The first-order valence-electron chi connectivity index (χ1n) is 8.52. The van der Waals surface area contributed by atoms with Crippen molar-refractivity contribution >= 4 is 47.5 Å². The lowest BCUT2D eigenvalue weighted by atomic mass is 10.1. The standard InChI is InChI=1S/C16H22Cl2N6/c17-14-13(19-11-23-7-3-1-4-8-23)15(18)22-16(21-14)20-12-24-9-5-2-6-10-24/h11-12H,1-10H2/b19-11+,20-12+. The van der Waals surface area contributed by atoms with Gasteiger partial charge in [-0.15, -0.1) is 0 Å². The van der Waals surface area contributed by atoms with Gasteiger partial charge in [-0.3, -0.25) is 0 Å². The Morgan fingerprint density at radius 1 is 0.708 bits per heavy atom. The van der Waals surface area contributed by atoms with E-state index in [2.05, 4.69) is 29.8 Å². The smallest absolute Gasteiger partial charge is 0.253 e. The molecule has 8 heteroatoms. The maximum Gasteiger partial charge on any atom is 0.253 e. The van der Waals surface area contributed by atoms with Crippen molar-refractivity contribution in [2.45, 2.75) is 38.5 Å². The molecule has 3 heterocycles. The van der Waals surface area contributed by atoms with Crippen molar-refractivity contribution in [2.24, 2.45) is 9.98 Å². The quantitative estimate of drug-likeness (QED) is 0.456. The second kappa shape index (κ2) is 8.62. The lowest BCUT2D eigenvalue weighted by molar-refractivity contribution is 0.351. The van der Waals surface area contributed by atoms with Crippen molar-refractivity contribution in [2.75, 3.05) is 26.2 Å². The van der Waals surface area contributed by atoms with E-state index in [1.165, 1.54) is 38.5 Å². The van der Waals surface area contributed by atoms with Crippen molar-refractivity contribution < 1.29 is 0 Å². The van der Waals surface area contributed by atoms with Crippen LogP contribution in [-0.2, 0) is 0 Å². The van der Waals surface area contributed by atoms with Gasteiger partial charge < -0.3 is 9.80 Å². The molecule has 0 aliphatic carbocycles. The largest absolute Gasteiger partial charge is 0.363 e. The van der Waals surface area contributed by atoms with E-state index in [-0.39, 0.29) is 16.3 Å². The highest BCUT2D eigenvalue weighted by Gasteiger charge is 2.12. The monoisotopic (exact) mass is 368 g/mol. The van der Waals surface area contributed by atoms with Crippen LogP contribution in [-0.4, -0.2) is 58.6 Å². The molecule has 0 atom stereocenters. The Kier molecular flexibility index (Phi) is 6.26. The number of aromatic nitrogens is 2. The van der Waals surface area contributed by atoms with Gasteiger partial charge in [0, 0.05) is 26.2 Å². The van der Waals surface area contributed by atoms with Crippen LogP contribution in [0.3, 0.4) is 0 Å². The first-order chi connectivity index (χ1) is 11.7. The topological polar surface area (TPSA) is 57.0 Å². The summed E-state index contributed by atoms with van der Waals surface area (Å²) < 4.78 is 0. The van der Waals surface area contributed by atoms with Gasteiger partial charge in [0.05, 0.1) is 12.7 Å². The summed E-state index contributed by atoms with van der Waals surface area (Å²) in [6, 6.07) is 0. The molecule has 2 saturated heterocycles. The molecule has 0 bridgehead atoms. The number of hydrogen-bond acceptors (Lipinski definition) is 4. The van der Waals surface area contributed by atoms with Gasteiger partial charge in [0.25, 0.3) is 5.95 Å². The van der Waals surface area contributed by atoms with Gasteiger partial charge in [-0.1, -0.05) is 23.2 Å². The number of rotatable bonds is 4. The molecular formula is C16H22Cl2N6. The molecule has 2 aliphatic heterocycles. The number of piperidine rings is 2. The van der Waals surface area contributed by atoms with Gasteiger partial charge in [-0.05, 0) is 38.5 Å². The molecule has 24 heavy (non-hydrogen) atoms. The maximum absolute atomic E-state index is 6.22. The SMILES string of the molecule is Clc1nc(/N=C/N2CCCCC2)nc(Cl)c1/N=C/N1CCCCC1. The highest BCUT2D eigenvalue weighted by Crippen LogP contribution is 2.31. The van der Waals surface area contributed by atoms with Crippen LogP contribution in [0.25, 0.3) is 0 Å². The molecule has 2 fully saturated rings. The number of halogens is 2. The number of likely N-dealkylation sites (tertiary alicyclic amines) is 2. The van der Waals surface area contributed by atoms with Crippen LogP contribution >= 0.6 is 23.2 Å². The third kappa shape index (κ3) is 4.80. The van der Waals surface area contributed by atoms with Crippen molar-refractivity contribution in [1.82, 2.24) is 19.8 Å². The van der Waals surface area contributed by atoms with Crippen molar-refractivity contribution in [3.63, 3.8) is 0 Å². The number of hydrogen-bond donors (Lipinski definition) is 0. The Labute approximate surface area is 152 Å². The summed E-state index contributed by atoms with van der Waals surface area (Å²) in [5.74, 6) is 0.271. The third-order valence-electron chi connectivity index (χ3n) is 4.26. The van der Waals surface area contributed by atoms with Crippen LogP contribution in [0.2, 0.25) is 10.3 Å². The molecule has 0 aromatic carbocycles. The molecule has 0 spiro atoms. The Morgan fingerprint density at radius 2 is 1.17 bits per heavy atom. The average molecular weight is 369 g/mol. The first-order valence-corrected chi connectivity index (χ1v) is 9.27. The number of aliphatic imine (C=N–C) groups is 2. The molecule has 0 unspecified atom stereocenters. The zero-order valence-corrected chi connectivity index (χ0v) is 15.2. The summed E-state index contributed by atoms with van der Waals surface area (Å²) in [4.78, 5) is 21.4. The Hall–Kier alpha value is -1.40. The van der Waals surface area contributed by atoms with Crippen LogP contribution in [0.15, 0.2) is 9.98 Å². The fourth-order valence-electron chi connectivity index (χ4n) is 2.90. The highest BCUT2D eigenvalue weighted by atomic mass is 35.5. The normalized spacial score (nSPS) is 19.6. The molecule has 3 rings (SSSR count). The molecule has 0 saturated carbocycles. The van der Waals surface area contributed by atoms with Crippen LogP contribution in [0.1, 0.15) is 38.5 Å². The fourth-order valence-corrected chi connectivity index (χ4v) is 3.37. The van der Waals surface area contributed by atoms with E-state index >= 15 is 0 Å². The average Bonchev–Trinajstić information content (AvgIpc) is 2.61. The van der Waals surface area contributed by atoms with E-state index in [9.17, 15) is 0 Å². The third-order valence-corrected chi connectivity index (χ3v) is 4.78. The zero-order valence-electron chi connectivity index (χ0n) is 13.7. The minimum Gasteiger partial charge on any atom is -0.363 e. The van der Waals surface area contributed by atoms with Gasteiger partial charge in [0.2, 0.25) is 0 Å². The van der Waals surface area contributed by atoms with Crippen LogP contribution in [0.5, 0.6) is 0 Å². The summed E-state index contributed by atoms with van der Waals surface area (Å²) in [6.07, 6.45) is 10.9. The fraction of sp³-hybridized carbons (Fsp3) is 0.625. The van der Waals surface area contributed by atoms with E-state index in [0.29, 0.717) is 5.69 Å². The van der Waals surface area contributed by atoms with E-state index < -0.39 is 0 Å². The van der Waals surface area contributed by atoms with E-state index in [1.807, 2.05) is 0 Å². The van der Waals surface area contributed by atoms with E-state index in [1.54, 1.807) is 12.7 Å². The minimum absolute atomic E-state index is 0.231. The van der Waals surface area contributed by atoms with Crippen LogP contribution in [0, 0.1) is 0 Å². The zero-order chi connectivity index (χ0) is 16.8. The maximum atomic E-state index is 6.22. The van der Waals surface area contributed by atoms with Gasteiger partial charge in [0.1, 0.15) is 5.69 Å². The molecule has 1 aromatic rings. The van der Waals surface area contributed by atoms with Gasteiger partial charge in [0.15, 0.2) is 10.3 Å². The molecule has 0 N–H and O–H groups in total. The van der Waals surface area contributed by atoms with Gasteiger partial charge in [-0.25, -0.2) is 9.98 Å². The highest BCUT2D eigenvalue weighted by molar-refractivity contribution is 6.37. The summed E-state index contributed by atoms with van der Waals surface area (Å²) in [7, 11) is 0. The Morgan fingerprint density at radius 3 is 1.67 bits per heavy atom. The molecule has 6 nitrogen and oxygen atoms in total. The predicted octanol–water partition coefficient (Wildman–Crippen LogP) is 4.07. The summed E-state index contributed by atoms with van der Waals surface area (Å²) in [6.45, 7) is 4.06. The van der Waals surface area contributed by atoms with Gasteiger partial charge >= 0.3 is 0 Å². The lowest BCUT2D eigenvalue weighted by Gasteiger charge is -2.24. The molecular weight excluding hydrogens is 347 g/mol. The lowest BCUT2D eigenvalue weighted by Crippen LogP contribution is -2.28. The minimum atomic E-state index is 0.231. The van der Waals surface area contributed by atoms with Crippen LogP contribution in [0.4, 0.5) is 11.6 Å². The molecule has 0 radical (unpaired) electrons. The first kappa shape index (κ1) is 17.4. The summed E-state index contributed by atoms with van der Waals surface area (Å²) >= 11 is 12.4. The predicted molar refractivity (Wildman–Crippen MR) is 99.2 cm³/mol. The Balaban J connectivity index is 1.68. The molecule has 130 valence electrons. The van der Waals surface area contributed by atoms with Crippen molar-refractivity contribution in [1.29, 1.82) is 0 Å². The van der Waals surface area contributed by atoms with E-state index in [4.69, 9.17) is 23.2 Å². The van der Waals surface area contributed by atoms with Gasteiger partial charge in [-0.2, -0.15) is 9.97 Å². The van der Waals surface area contributed by atoms with E-state index in [0.717, 1.165) is 26.2 Å². The number of nitrogens with zero attached hydrogens (tertiary/aromatic N) is 6. The second-order valence-electron chi connectivity index (χ2n) is 6.14. The second-order valence-corrected chi connectivity index (χ2v) is 6.85. The van der Waals surface area contributed by atoms with Crippen LogP contribution < -0.4 is 0 Å². The molecule has 0 amide bonds. The Bertz CT molecular complexity index is 584. The molecule has 1 aromatic heterocycles. The summed E-state index contributed by atoms with van der Waals surface area (Å²) in [5.41, 5.74) is 0.404. The summed E-state index contributed by atoms with van der Waals surface area (Å²) in [5, 5.41) is 0.461. The van der Waals surface area contributed by atoms with Crippen molar-refractivity contribution in [3.05, 3.63) is 10.3 Å². The molecule has 2 aliphatic rings.